The van der Waals surface area contributed by atoms with Gasteiger partial charge in [-0.05, 0) is 11.6 Å². The highest BCUT2D eigenvalue weighted by molar-refractivity contribution is 7.98. The molecule has 0 saturated carbocycles. The van der Waals surface area contributed by atoms with Crippen LogP contribution in [0, 0.1) is 11.8 Å². The third-order valence-electron chi connectivity index (χ3n) is 2.24. The molecule has 1 N–H and O–H groups in total. The molecule has 0 fully saturated rings. The average Bonchev–Trinajstić information content (AvgIpc) is 2.91. The highest BCUT2D eigenvalue weighted by Crippen LogP contribution is 2.22. The number of hydrogen-bond acceptors (Lipinski definition) is 4. The van der Waals surface area contributed by atoms with Gasteiger partial charge in [-0.3, -0.25) is 0 Å². The zero-order chi connectivity index (χ0) is 12.6. The van der Waals surface area contributed by atoms with E-state index >= 15 is 0 Å². The van der Waals surface area contributed by atoms with Gasteiger partial charge in [0.2, 0.25) is 0 Å². The Morgan fingerprint density at radius 1 is 1.33 bits per heavy atom. The predicted octanol–water partition coefficient (Wildman–Crippen LogP) is 2.70. The van der Waals surface area contributed by atoms with Crippen molar-refractivity contribution in [2.45, 2.75) is 17.4 Å². The fraction of sp³-hybridized carbons (Fsp3) is 0.214. The Balaban J connectivity index is 2.06. The van der Waals surface area contributed by atoms with Crippen LogP contribution in [-0.2, 0) is 5.75 Å². The molecule has 1 aromatic carbocycles. The standard InChI is InChI=1S/C14H13NO2S/c16-9-4-3-6-12-5-1-2-7-13(12)11-18-14-15-8-10-17-14/h1-2,5,7-8,10,16H,4,9,11H2. The molecule has 0 atom stereocenters. The van der Waals surface area contributed by atoms with Crippen LogP contribution in [0.1, 0.15) is 17.5 Å². The van der Waals surface area contributed by atoms with Crippen LogP contribution in [0.15, 0.2) is 46.4 Å². The van der Waals surface area contributed by atoms with Crippen molar-refractivity contribution in [1.29, 1.82) is 0 Å². The predicted molar refractivity (Wildman–Crippen MR) is 71.1 cm³/mol. The number of benzene rings is 1. The molecule has 0 amide bonds. The molecule has 0 radical (unpaired) electrons. The SMILES string of the molecule is OCCC#Cc1ccccc1CSc1ncco1. The molecule has 0 saturated heterocycles. The number of nitrogens with zero attached hydrogens (tertiary/aromatic N) is 1. The van der Waals surface area contributed by atoms with Crippen molar-refractivity contribution in [2.75, 3.05) is 6.61 Å². The number of oxazole rings is 1. The summed E-state index contributed by atoms with van der Waals surface area (Å²) in [5.41, 5.74) is 2.14. The van der Waals surface area contributed by atoms with Gasteiger partial charge in [0.25, 0.3) is 5.22 Å². The molecular formula is C14H13NO2S. The fourth-order valence-electron chi connectivity index (χ4n) is 1.40. The number of aliphatic hydroxyl groups excluding tert-OH is 1. The summed E-state index contributed by atoms with van der Waals surface area (Å²) in [5, 5.41) is 9.37. The molecule has 0 aliphatic rings. The molecule has 0 spiro atoms. The minimum absolute atomic E-state index is 0.0975. The molecule has 0 aliphatic carbocycles. The topological polar surface area (TPSA) is 46.3 Å². The third-order valence-corrected chi connectivity index (χ3v) is 3.14. The van der Waals surface area contributed by atoms with E-state index in [1.807, 2.05) is 24.3 Å². The Morgan fingerprint density at radius 2 is 2.22 bits per heavy atom. The van der Waals surface area contributed by atoms with Gasteiger partial charge in [-0.25, -0.2) is 4.98 Å². The number of hydrogen-bond donors (Lipinski definition) is 1. The summed E-state index contributed by atoms with van der Waals surface area (Å²) < 4.78 is 5.18. The maximum atomic E-state index is 8.71. The fourth-order valence-corrected chi connectivity index (χ4v) is 2.19. The van der Waals surface area contributed by atoms with E-state index in [-0.39, 0.29) is 6.61 Å². The summed E-state index contributed by atoms with van der Waals surface area (Å²) in [6.45, 7) is 0.0975. The van der Waals surface area contributed by atoms with Crippen molar-refractivity contribution in [3.05, 3.63) is 47.9 Å². The zero-order valence-electron chi connectivity index (χ0n) is 9.80. The number of aliphatic hydroxyl groups is 1. The van der Waals surface area contributed by atoms with Crippen molar-refractivity contribution in [2.24, 2.45) is 0 Å². The van der Waals surface area contributed by atoms with E-state index < -0.39 is 0 Å². The summed E-state index contributed by atoms with van der Waals surface area (Å²) in [7, 11) is 0. The van der Waals surface area contributed by atoms with E-state index in [1.54, 1.807) is 12.5 Å². The first kappa shape index (κ1) is 12.7. The normalized spacial score (nSPS) is 9.83. The molecule has 18 heavy (non-hydrogen) atoms. The van der Waals surface area contributed by atoms with Gasteiger partial charge in [-0.15, -0.1) is 0 Å². The van der Waals surface area contributed by atoms with Crippen LogP contribution < -0.4 is 0 Å². The Bertz CT molecular complexity index is 540. The van der Waals surface area contributed by atoms with Crippen molar-refractivity contribution in [3.8, 4) is 11.8 Å². The Morgan fingerprint density at radius 3 is 3.00 bits per heavy atom. The van der Waals surface area contributed by atoms with Crippen LogP contribution in [-0.4, -0.2) is 16.7 Å². The van der Waals surface area contributed by atoms with Gasteiger partial charge in [0.15, 0.2) is 0 Å². The number of rotatable bonds is 4. The van der Waals surface area contributed by atoms with Crippen LogP contribution in [0.4, 0.5) is 0 Å². The van der Waals surface area contributed by atoms with Crippen LogP contribution in [0.3, 0.4) is 0 Å². The van der Waals surface area contributed by atoms with Gasteiger partial charge in [-0.1, -0.05) is 41.8 Å². The van der Waals surface area contributed by atoms with Gasteiger partial charge in [0, 0.05) is 17.7 Å². The molecule has 3 nitrogen and oxygen atoms in total. The first-order valence-corrected chi connectivity index (χ1v) is 6.58. The molecule has 2 aromatic rings. The maximum Gasteiger partial charge on any atom is 0.255 e. The molecule has 0 bridgehead atoms. The molecular weight excluding hydrogens is 246 g/mol. The van der Waals surface area contributed by atoms with Gasteiger partial charge < -0.3 is 9.52 Å². The van der Waals surface area contributed by atoms with Crippen LogP contribution in [0.2, 0.25) is 0 Å². The van der Waals surface area contributed by atoms with Gasteiger partial charge in [0.05, 0.1) is 12.8 Å². The first-order valence-electron chi connectivity index (χ1n) is 5.60. The quantitative estimate of drug-likeness (QED) is 0.677. The van der Waals surface area contributed by atoms with Gasteiger partial charge in [-0.2, -0.15) is 0 Å². The Hall–Kier alpha value is -1.70. The van der Waals surface area contributed by atoms with Crippen molar-refractivity contribution in [1.82, 2.24) is 4.98 Å². The molecule has 0 unspecified atom stereocenters. The lowest BCUT2D eigenvalue weighted by molar-refractivity contribution is 0.305. The summed E-state index contributed by atoms with van der Waals surface area (Å²) in [5.74, 6) is 6.77. The van der Waals surface area contributed by atoms with E-state index in [0.717, 1.165) is 16.9 Å². The molecule has 1 heterocycles. The molecule has 1 aromatic heterocycles. The van der Waals surface area contributed by atoms with Crippen molar-refractivity contribution < 1.29 is 9.52 Å². The van der Waals surface area contributed by atoms with E-state index in [0.29, 0.717) is 11.6 Å². The van der Waals surface area contributed by atoms with Crippen LogP contribution in [0.5, 0.6) is 0 Å². The summed E-state index contributed by atoms with van der Waals surface area (Å²) in [4.78, 5) is 4.06. The monoisotopic (exact) mass is 259 g/mol. The lowest BCUT2D eigenvalue weighted by atomic mass is 10.1. The molecule has 4 heteroatoms. The second-order valence-corrected chi connectivity index (χ2v) is 4.45. The van der Waals surface area contributed by atoms with Gasteiger partial charge >= 0.3 is 0 Å². The minimum Gasteiger partial charge on any atom is -0.440 e. The summed E-state index contributed by atoms with van der Waals surface area (Å²) in [6.07, 6.45) is 3.70. The Kier molecular flexibility index (Phi) is 4.88. The number of aromatic nitrogens is 1. The Labute approximate surface area is 110 Å². The largest absolute Gasteiger partial charge is 0.440 e. The lowest BCUT2D eigenvalue weighted by Crippen LogP contribution is -1.87. The van der Waals surface area contributed by atoms with E-state index in [9.17, 15) is 0 Å². The molecule has 0 aliphatic heterocycles. The highest BCUT2D eigenvalue weighted by Gasteiger charge is 2.03. The first-order chi connectivity index (χ1) is 8.90. The average molecular weight is 259 g/mol. The van der Waals surface area contributed by atoms with E-state index in [4.69, 9.17) is 9.52 Å². The van der Waals surface area contributed by atoms with E-state index in [2.05, 4.69) is 16.8 Å². The second-order valence-electron chi connectivity index (χ2n) is 3.52. The minimum atomic E-state index is 0.0975. The summed E-state index contributed by atoms with van der Waals surface area (Å²) in [6, 6.07) is 7.97. The lowest BCUT2D eigenvalue weighted by Gasteiger charge is -2.01. The molecule has 92 valence electrons. The van der Waals surface area contributed by atoms with Crippen molar-refractivity contribution in [3.63, 3.8) is 0 Å². The smallest absolute Gasteiger partial charge is 0.255 e. The van der Waals surface area contributed by atoms with Crippen molar-refractivity contribution >= 4 is 11.8 Å². The molecule has 2 rings (SSSR count). The van der Waals surface area contributed by atoms with Crippen LogP contribution >= 0.6 is 11.8 Å². The maximum absolute atomic E-state index is 8.71. The highest BCUT2D eigenvalue weighted by atomic mass is 32.2. The second kappa shape index (κ2) is 6.90. The number of thioether (sulfide) groups is 1. The third kappa shape index (κ3) is 3.66. The van der Waals surface area contributed by atoms with Crippen LogP contribution in [0.25, 0.3) is 0 Å². The van der Waals surface area contributed by atoms with E-state index in [1.165, 1.54) is 11.8 Å². The zero-order valence-corrected chi connectivity index (χ0v) is 10.6. The van der Waals surface area contributed by atoms with Gasteiger partial charge in [0.1, 0.15) is 6.26 Å². The summed E-state index contributed by atoms with van der Waals surface area (Å²) >= 11 is 1.54.